The molecule has 0 radical (unpaired) electrons. The standard InChI is InChI=1S/C14H23ClN4O/c1-9(2)7-19-13(20)12(15)11(6-17-19)18-14(3,8-16)10-4-5-10/h6,9-10,18H,4-5,7-8,16H2,1-3H3. The van der Waals surface area contributed by atoms with Crippen LogP contribution in [0.1, 0.15) is 33.6 Å². The molecule has 0 amide bonds. The first-order chi connectivity index (χ1) is 9.37. The van der Waals surface area contributed by atoms with E-state index in [0.29, 0.717) is 30.6 Å². The number of hydrogen-bond acceptors (Lipinski definition) is 4. The largest absolute Gasteiger partial charge is 0.376 e. The first kappa shape index (κ1) is 15.3. The normalized spacial score (nSPS) is 18.1. The topological polar surface area (TPSA) is 72.9 Å². The smallest absolute Gasteiger partial charge is 0.287 e. The summed E-state index contributed by atoms with van der Waals surface area (Å²) in [6.07, 6.45) is 3.95. The third-order valence-electron chi connectivity index (χ3n) is 3.85. The Balaban J connectivity index is 2.25. The summed E-state index contributed by atoms with van der Waals surface area (Å²) in [6, 6.07) is 0. The molecule has 20 heavy (non-hydrogen) atoms. The number of rotatable bonds is 6. The Bertz CT molecular complexity index is 538. The zero-order chi connectivity index (χ0) is 14.9. The number of anilines is 1. The zero-order valence-electron chi connectivity index (χ0n) is 12.3. The second-order valence-corrected chi connectivity index (χ2v) is 6.65. The van der Waals surface area contributed by atoms with Crippen molar-refractivity contribution in [3.8, 4) is 0 Å². The Morgan fingerprint density at radius 3 is 2.75 bits per heavy atom. The van der Waals surface area contributed by atoms with E-state index in [1.54, 1.807) is 6.20 Å². The molecule has 1 unspecified atom stereocenters. The highest BCUT2D eigenvalue weighted by atomic mass is 35.5. The maximum Gasteiger partial charge on any atom is 0.287 e. The lowest BCUT2D eigenvalue weighted by Crippen LogP contribution is -2.45. The molecule has 0 bridgehead atoms. The van der Waals surface area contributed by atoms with Gasteiger partial charge in [0.25, 0.3) is 5.56 Å². The van der Waals surface area contributed by atoms with E-state index in [-0.39, 0.29) is 16.1 Å². The summed E-state index contributed by atoms with van der Waals surface area (Å²) in [4.78, 5) is 12.2. The van der Waals surface area contributed by atoms with Gasteiger partial charge in [0, 0.05) is 18.6 Å². The molecule has 0 spiro atoms. The second kappa shape index (κ2) is 5.74. The molecule has 1 aromatic heterocycles. The van der Waals surface area contributed by atoms with Crippen LogP contribution in [0.25, 0.3) is 0 Å². The summed E-state index contributed by atoms with van der Waals surface area (Å²) in [7, 11) is 0. The van der Waals surface area contributed by atoms with Crippen molar-refractivity contribution >= 4 is 17.3 Å². The van der Waals surface area contributed by atoms with Gasteiger partial charge in [-0.2, -0.15) is 5.10 Å². The van der Waals surface area contributed by atoms with Crippen molar-refractivity contribution in [3.63, 3.8) is 0 Å². The summed E-state index contributed by atoms with van der Waals surface area (Å²) in [5, 5.41) is 7.71. The van der Waals surface area contributed by atoms with Crippen molar-refractivity contribution in [1.82, 2.24) is 9.78 Å². The van der Waals surface area contributed by atoms with Crippen molar-refractivity contribution in [2.24, 2.45) is 17.6 Å². The van der Waals surface area contributed by atoms with Gasteiger partial charge in [-0.15, -0.1) is 0 Å². The highest BCUT2D eigenvalue weighted by Gasteiger charge is 2.40. The lowest BCUT2D eigenvalue weighted by atomic mass is 9.96. The molecule has 6 heteroatoms. The molecule has 3 N–H and O–H groups in total. The lowest BCUT2D eigenvalue weighted by Gasteiger charge is -2.31. The molecule has 0 saturated heterocycles. The van der Waals surface area contributed by atoms with E-state index in [4.69, 9.17) is 17.3 Å². The van der Waals surface area contributed by atoms with Crippen LogP contribution in [0.3, 0.4) is 0 Å². The molecule has 1 heterocycles. The molecule has 1 aliphatic carbocycles. The fourth-order valence-electron chi connectivity index (χ4n) is 2.38. The third-order valence-corrected chi connectivity index (χ3v) is 4.21. The Morgan fingerprint density at radius 1 is 1.60 bits per heavy atom. The Hall–Kier alpha value is -1.07. The minimum atomic E-state index is -0.250. The number of nitrogens with zero attached hydrogens (tertiary/aromatic N) is 2. The summed E-state index contributed by atoms with van der Waals surface area (Å²) in [5.74, 6) is 0.887. The molecule has 1 fully saturated rings. The van der Waals surface area contributed by atoms with E-state index in [0.717, 1.165) is 12.8 Å². The molecule has 0 aliphatic heterocycles. The average molecular weight is 299 g/mol. The van der Waals surface area contributed by atoms with E-state index in [9.17, 15) is 4.79 Å². The number of nitrogens with two attached hydrogens (primary N) is 1. The average Bonchev–Trinajstić information content (AvgIpc) is 3.22. The molecule has 5 nitrogen and oxygen atoms in total. The van der Waals surface area contributed by atoms with E-state index in [2.05, 4.69) is 17.3 Å². The van der Waals surface area contributed by atoms with Crippen LogP contribution < -0.4 is 16.6 Å². The molecule has 1 aromatic rings. The molecule has 1 saturated carbocycles. The monoisotopic (exact) mass is 298 g/mol. The maximum atomic E-state index is 12.2. The van der Waals surface area contributed by atoms with Gasteiger partial charge in [0.05, 0.1) is 11.9 Å². The predicted octanol–water partition coefficient (Wildman–Crippen LogP) is 2.09. The van der Waals surface area contributed by atoms with Crippen molar-refractivity contribution in [2.75, 3.05) is 11.9 Å². The van der Waals surface area contributed by atoms with Crippen LogP contribution in [0.4, 0.5) is 5.69 Å². The molecule has 1 aliphatic rings. The number of aromatic nitrogens is 2. The van der Waals surface area contributed by atoms with Gasteiger partial charge in [-0.05, 0) is 31.6 Å². The molecule has 112 valence electrons. The van der Waals surface area contributed by atoms with Crippen molar-refractivity contribution < 1.29 is 0 Å². The first-order valence-electron chi connectivity index (χ1n) is 7.11. The molecular formula is C14H23ClN4O. The summed E-state index contributed by atoms with van der Waals surface area (Å²) in [6.45, 7) is 7.21. The minimum Gasteiger partial charge on any atom is -0.376 e. The number of nitrogens with one attached hydrogen (secondary N) is 1. The van der Waals surface area contributed by atoms with Gasteiger partial charge in [-0.1, -0.05) is 25.4 Å². The molecule has 1 atom stereocenters. The fraction of sp³-hybridized carbons (Fsp3) is 0.714. The minimum absolute atomic E-state index is 0.195. The van der Waals surface area contributed by atoms with Crippen LogP contribution in [-0.4, -0.2) is 21.9 Å². The van der Waals surface area contributed by atoms with Crippen molar-refractivity contribution in [1.29, 1.82) is 0 Å². The van der Waals surface area contributed by atoms with Crippen LogP contribution >= 0.6 is 11.6 Å². The van der Waals surface area contributed by atoms with Gasteiger partial charge in [0.1, 0.15) is 5.02 Å². The van der Waals surface area contributed by atoms with Crippen LogP contribution in [-0.2, 0) is 6.54 Å². The van der Waals surface area contributed by atoms with Gasteiger partial charge in [-0.3, -0.25) is 4.79 Å². The van der Waals surface area contributed by atoms with Crippen molar-refractivity contribution in [3.05, 3.63) is 21.6 Å². The highest BCUT2D eigenvalue weighted by molar-refractivity contribution is 6.32. The lowest BCUT2D eigenvalue weighted by molar-refractivity contribution is 0.452. The molecule has 0 aromatic carbocycles. The number of halogens is 1. The van der Waals surface area contributed by atoms with Gasteiger partial charge in [-0.25, -0.2) is 4.68 Å². The summed E-state index contributed by atoms with van der Waals surface area (Å²) in [5.41, 5.74) is 5.98. The van der Waals surface area contributed by atoms with E-state index >= 15 is 0 Å². The Morgan fingerprint density at radius 2 is 2.25 bits per heavy atom. The first-order valence-corrected chi connectivity index (χ1v) is 7.49. The Labute approximate surface area is 124 Å². The van der Waals surface area contributed by atoms with Crippen LogP contribution in [0, 0.1) is 11.8 Å². The van der Waals surface area contributed by atoms with E-state index < -0.39 is 0 Å². The summed E-state index contributed by atoms with van der Waals surface area (Å²) < 4.78 is 1.41. The van der Waals surface area contributed by atoms with Crippen molar-refractivity contribution in [2.45, 2.75) is 45.7 Å². The molecular weight excluding hydrogens is 276 g/mol. The SMILES string of the molecule is CC(C)Cn1ncc(NC(C)(CN)C2CC2)c(Cl)c1=O. The number of hydrogen-bond donors (Lipinski definition) is 2. The van der Waals surface area contributed by atoms with Gasteiger partial charge >= 0.3 is 0 Å². The fourth-order valence-corrected chi connectivity index (χ4v) is 2.57. The summed E-state index contributed by atoms with van der Waals surface area (Å²) >= 11 is 6.19. The van der Waals surface area contributed by atoms with Gasteiger partial charge < -0.3 is 11.1 Å². The van der Waals surface area contributed by atoms with Gasteiger partial charge in [0.2, 0.25) is 0 Å². The Kier molecular flexibility index (Phi) is 4.39. The third kappa shape index (κ3) is 3.15. The highest BCUT2D eigenvalue weighted by Crippen LogP contribution is 2.41. The van der Waals surface area contributed by atoms with Crippen LogP contribution in [0.2, 0.25) is 5.02 Å². The second-order valence-electron chi connectivity index (χ2n) is 6.27. The maximum absolute atomic E-state index is 12.2. The quantitative estimate of drug-likeness (QED) is 0.843. The zero-order valence-corrected chi connectivity index (χ0v) is 13.1. The van der Waals surface area contributed by atoms with E-state index in [1.165, 1.54) is 4.68 Å². The van der Waals surface area contributed by atoms with E-state index in [1.807, 2.05) is 13.8 Å². The van der Waals surface area contributed by atoms with Crippen LogP contribution in [0.15, 0.2) is 11.0 Å². The molecule has 2 rings (SSSR count). The van der Waals surface area contributed by atoms with Gasteiger partial charge in [0.15, 0.2) is 0 Å². The predicted molar refractivity (Wildman–Crippen MR) is 82.2 cm³/mol. The van der Waals surface area contributed by atoms with Crippen LogP contribution in [0.5, 0.6) is 0 Å².